The third-order valence-electron chi connectivity index (χ3n) is 4.04. The van der Waals surface area contributed by atoms with Crippen LogP contribution in [0.4, 0.5) is 0 Å². The van der Waals surface area contributed by atoms with Gasteiger partial charge in [0.25, 0.3) is 0 Å². The Bertz CT molecular complexity index is 236. The van der Waals surface area contributed by atoms with E-state index in [1.807, 2.05) is 7.05 Å². The van der Waals surface area contributed by atoms with Gasteiger partial charge in [-0.15, -0.1) is 0 Å². The Labute approximate surface area is 98.4 Å². The molecule has 92 valence electrons. The van der Waals surface area contributed by atoms with Crippen molar-refractivity contribution in [1.82, 2.24) is 10.6 Å². The van der Waals surface area contributed by atoms with Crippen molar-refractivity contribution in [3.63, 3.8) is 0 Å². The minimum atomic E-state index is 0.220. The van der Waals surface area contributed by atoms with Crippen LogP contribution >= 0.6 is 0 Å². The van der Waals surface area contributed by atoms with Gasteiger partial charge in [0.1, 0.15) is 0 Å². The summed E-state index contributed by atoms with van der Waals surface area (Å²) in [7, 11) is 1.88. The fourth-order valence-corrected chi connectivity index (χ4v) is 2.98. The van der Waals surface area contributed by atoms with Gasteiger partial charge in [-0.25, -0.2) is 0 Å². The van der Waals surface area contributed by atoms with E-state index in [1.54, 1.807) is 0 Å². The molecule has 0 aromatic heterocycles. The zero-order valence-electron chi connectivity index (χ0n) is 10.3. The molecular weight excluding hydrogens is 200 g/mol. The molecule has 2 saturated carbocycles. The van der Waals surface area contributed by atoms with Gasteiger partial charge in [-0.05, 0) is 25.3 Å². The first-order chi connectivity index (χ1) is 7.81. The Morgan fingerprint density at radius 3 is 2.69 bits per heavy atom. The molecule has 2 fully saturated rings. The standard InChI is InChI=1S/C13H24N2O/c1-14-8-7-13(16)15-12-9-11(12)10-5-3-2-4-6-10/h10-12,14H,2-9H2,1H3,(H,15,16). The van der Waals surface area contributed by atoms with Crippen LogP contribution in [-0.2, 0) is 4.79 Å². The van der Waals surface area contributed by atoms with E-state index in [4.69, 9.17) is 0 Å². The topological polar surface area (TPSA) is 41.1 Å². The van der Waals surface area contributed by atoms with Crippen LogP contribution in [0.3, 0.4) is 0 Å². The average Bonchev–Trinajstić information content (AvgIpc) is 3.07. The van der Waals surface area contributed by atoms with Crippen LogP contribution in [0.1, 0.15) is 44.9 Å². The molecule has 0 aliphatic heterocycles. The summed E-state index contributed by atoms with van der Waals surface area (Å²) < 4.78 is 0. The van der Waals surface area contributed by atoms with Crippen molar-refractivity contribution in [1.29, 1.82) is 0 Å². The minimum absolute atomic E-state index is 0.220. The van der Waals surface area contributed by atoms with Gasteiger partial charge in [-0.3, -0.25) is 4.79 Å². The molecule has 2 aliphatic rings. The third kappa shape index (κ3) is 3.21. The number of carbonyl (C=O) groups is 1. The van der Waals surface area contributed by atoms with Crippen molar-refractivity contribution in [3.05, 3.63) is 0 Å². The first kappa shape index (κ1) is 11.9. The van der Waals surface area contributed by atoms with Crippen molar-refractivity contribution < 1.29 is 4.79 Å². The lowest BCUT2D eigenvalue weighted by atomic mass is 9.85. The summed E-state index contributed by atoms with van der Waals surface area (Å²) in [6.45, 7) is 0.784. The van der Waals surface area contributed by atoms with Crippen molar-refractivity contribution in [2.24, 2.45) is 11.8 Å². The fourth-order valence-electron chi connectivity index (χ4n) is 2.98. The first-order valence-electron chi connectivity index (χ1n) is 6.75. The SMILES string of the molecule is CNCCC(=O)NC1CC1C1CCCCC1. The molecule has 3 heteroatoms. The lowest BCUT2D eigenvalue weighted by Crippen LogP contribution is -2.30. The summed E-state index contributed by atoms with van der Waals surface area (Å²) in [6.07, 6.45) is 8.87. The van der Waals surface area contributed by atoms with E-state index >= 15 is 0 Å². The molecule has 1 amide bonds. The number of rotatable bonds is 5. The van der Waals surface area contributed by atoms with Crippen LogP contribution in [0.2, 0.25) is 0 Å². The molecule has 2 atom stereocenters. The van der Waals surface area contributed by atoms with Gasteiger partial charge in [0, 0.05) is 19.0 Å². The Kier molecular flexibility index (Phi) is 4.22. The summed E-state index contributed by atoms with van der Waals surface area (Å²) in [5.41, 5.74) is 0. The van der Waals surface area contributed by atoms with E-state index in [0.717, 1.165) is 18.4 Å². The van der Waals surface area contributed by atoms with Crippen LogP contribution in [-0.4, -0.2) is 25.5 Å². The summed E-state index contributed by atoms with van der Waals surface area (Å²) in [5.74, 6) is 1.93. The maximum absolute atomic E-state index is 11.5. The molecule has 0 spiro atoms. The molecule has 0 heterocycles. The van der Waals surface area contributed by atoms with Crippen LogP contribution in [0.15, 0.2) is 0 Å². The third-order valence-corrected chi connectivity index (χ3v) is 4.04. The van der Waals surface area contributed by atoms with Crippen molar-refractivity contribution >= 4 is 5.91 Å². The molecule has 2 rings (SSSR count). The first-order valence-corrected chi connectivity index (χ1v) is 6.75. The van der Waals surface area contributed by atoms with Crippen LogP contribution < -0.4 is 10.6 Å². The number of nitrogens with one attached hydrogen (secondary N) is 2. The minimum Gasteiger partial charge on any atom is -0.353 e. The van der Waals surface area contributed by atoms with E-state index in [0.29, 0.717) is 12.5 Å². The van der Waals surface area contributed by atoms with E-state index in [9.17, 15) is 4.79 Å². The molecule has 0 bridgehead atoms. The van der Waals surface area contributed by atoms with E-state index in [2.05, 4.69) is 10.6 Å². The molecule has 2 aliphatic carbocycles. The predicted octanol–water partition coefficient (Wildman–Crippen LogP) is 1.68. The Hall–Kier alpha value is -0.570. The second kappa shape index (κ2) is 5.67. The maximum atomic E-state index is 11.5. The van der Waals surface area contributed by atoms with Gasteiger partial charge in [-0.2, -0.15) is 0 Å². The van der Waals surface area contributed by atoms with Gasteiger partial charge >= 0.3 is 0 Å². The molecular formula is C13H24N2O. The van der Waals surface area contributed by atoms with E-state index in [-0.39, 0.29) is 5.91 Å². The molecule has 0 aromatic carbocycles. The molecule has 2 unspecified atom stereocenters. The van der Waals surface area contributed by atoms with Gasteiger partial charge in [0.05, 0.1) is 0 Å². The highest BCUT2D eigenvalue weighted by molar-refractivity contribution is 5.76. The Balaban J connectivity index is 1.64. The monoisotopic (exact) mass is 224 g/mol. The van der Waals surface area contributed by atoms with Gasteiger partial charge < -0.3 is 10.6 Å². The highest BCUT2D eigenvalue weighted by atomic mass is 16.1. The van der Waals surface area contributed by atoms with Crippen LogP contribution in [0, 0.1) is 11.8 Å². The van der Waals surface area contributed by atoms with E-state index in [1.165, 1.54) is 38.5 Å². The fraction of sp³-hybridized carbons (Fsp3) is 0.923. The van der Waals surface area contributed by atoms with Crippen molar-refractivity contribution in [3.8, 4) is 0 Å². The number of hydrogen-bond donors (Lipinski definition) is 2. The summed E-state index contributed by atoms with van der Waals surface area (Å²) in [4.78, 5) is 11.5. The Morgan fingerprint density at radius 2 is 2.00 bits per heavy atom. The maximum Gasteiger partial charge on any atom is 0.221 e. The average molecular weight is 224 g/mol. The van der Waals surface area contributed by atoms with Crippen molar-refractivity contribution in [2.45, 2.75) is 51.0 Å². The number of amides is 1. The van der Waals surface area contributed by atoms with E-state index < -0.39 is 0 Å². The zero-order chi connectivity index (χ0) is 11.4. The summed E-state index contributed by atoms with van der Waals surface area (Å²) >= 11 is 0. The highest BCUT2D eigenvalue weighted by Crippen LogP contribution is 2.44. The van der Waals surface area contributed by atoms with Crippen LogP contribution in [0.25, 0.3) is 0 Å². The molecule has 2 N–H and O–H groups in total. The normalized spacial score (nSPS) is 30.1. The predicted molar refractivity (Wildman–Crippen MR) is 65.2 cm³/mol. The molecule has 0 saturated heterocycles. The summed E-state index contributed by atoms with van der Waals surface area (Å²) in [6, 6.07) is 0.507. The van der Waals surface area contributed by atoms with Gasteiger partial charge in [0.2, 0.25) is 5.91 Å². The number of carbonyl (C=O) groups excluding carboxylic acids is 1. The van der Waals surface area contributed by atoms with Gasteiger partial charge in [0.15, 0.2) is 0 Å². The largest absolute Gasteiger partial charge is 0.353 e. The van der Waals surface area contributed by atoms with Gasteiger partial charge in [-0.1, -0.05) is 32.1 Å². The zero-order valence-corrected chi connectivity index (χ0v) is 10.3. The molecule has 16 heavy (non-hydrogen) atoms. The second-order valence-electron chi connectivity index (χ2n) is 5.33. The molecule has 0 radical (unpaired) electrons. The van der Waals surface area contributed by atoms with Crippen LogP contribution in [0.5, 0.6) is 0 Å². The lowest BCUT2D eigenvalue weighted by molar-refractivity contribution is -0.121. The highest BCUT2D eigenvalue weighted by Gasteiger charge is 2.43. The molecule has 3 nitrogen and oxygen atoms in total. The van der Waals surface area contributed by atoms with Crippen molar-refractivity contribution in [2.75, 3.05) is 13.6 Å². The lowest BCUT2D eigenvalue weighted by Gasteiger charge is -2.21. The smallest absolute Gasteiger partial charge is 0.221 e. The quantitative estimate of drug-likeness (QED) is 0.746. The number of hydrogen-bond acceptors (Lipinski definition) is 2. The second-order valence-corrected chi connectivity index (χ2v) is 5.33. The Morgan fingerprint density at radius 1 is 1.25 bits per heavy atom. The summed E-state index contributed by atoms with van der Waals surface area (Å²) in [5, 5.41) is 6.16. The molecule has 0 aromatic rings.